The Balaban J connectivity index is 2.20. The van der Waals surface area contributed by atoms with Gasteiger partial charge in [0.25, 0.3) is 0 Å². The Morgan fingerprint density at radius 1 is 1.11 bits per heavy atom. The van der Waals surface area contributed by atoms with E-state index in [4.69, 9.17) is 11.6 Å². The zero-order chi connectivity index (χ0) is 13.7. The number of halogens is 1. The molecule has 2 aromatic carbocycles. The number of nitriles is 1. The van der Waals surface area contributed by atoms with Crippen molar-refractivity contribution in [2.45, 2.75) is 12.3 Å². The molecule has 0 aromatic heterocycles. The van der Waals surface area contributed by atoms with Gasteiger partial charge in [0.15, 0.2) is 5.78 Å². The standard InChI is InChI=1S/C16H12ClNO/c17-15-9-5-4-8-14(15)13(11-18)10-16(19)12-6-2-1-3-7-12/h1-9,13H,10H2/t13-/m0/s1. The highest BCUT2D eigenvalue weighted by Gasteiger charge is 2.18. The average molecular weight is 270 g/mol. The van der Waals surface area contributed by atoms with Gasteiger partial charge in [-0.1, -0.05) is 60.1 Å². The smallest absolute Gasteiger partial charge is 0.164 e. The summed E-state index contributed by atoms with van der Waals surface area (Å²) in [6.07, 6.45) is 0.143. The van der Waals surface area contributed by atoms with Crippen molar-refractivity contribution < 1.29 is 4.79 Å². The third-order valence-corrected chi connectivity index (χ3v) is 3.27. The predicted molar refractivity (Wildman–Crippen MR) is 75.2 cm³/mol. The lowest BCUT2D eigenvalue weighted by Crippen LogP contribution is -2.06. The molecule has 2 rings (SSSR count). The summed E-state index contributed by atoms with van der Waals surface area (Å²) in [7, 11) is 0. The number of carbonyl (C=O) groups is 1. The van der Waals surface area contributed by atoms with Crippen LogP contribution in [-0.2, 0) is 0 Å². The van der Waals surface area contributed by atoms with E-state index in [-0.39, 0.29) is 12.2 Å². The lowest BCUT2D eigenvalue weighted by molar-refractivity contribution is 0.0979. The topological polar surface area (TPSA) is 40.9 Å². The fraction of sp³-hybridized carbons (Fsp3) is 0.125. The Kier molecular flexibility index (Phi) is 4.33. The largest absolute Gasteiger partial charge is 0.294 e. The zero-order valence-corrected chi connectivity index (χ0v) is 11.0. The molecule has 0 aliphatic heterocycles. The summed E-state index contributed by atoms with van der Waals surface area (Å²) in [4.78, 5) is 12.1. The lowest BCUT2D eigenvalue weighted by Gasteiger charge is -2.10. The number of carbonyl (C=O) groups excluding carboxylic acids is 1. The van der Waals surface area contributed by atoms with E-state index in [0.717, 1.165) is 0 Å². The minimum atomic E-state index is -0.513. The van der Waals surface area contributed by atoms with Gasteiger partial charge in [0.1, 0.15) is 0 Å². The summed E-state index contributed by atoms with van der Waals surface area (Å²) in [5, 5.41) is 9.76. The van der Waals surface area contributed by atoms with Crippen LogP contribution in [-0.4, -0.2) is 5.78 Å². The molecule has 0 bridgehead atoms. The monoisotopic (exact) mass is 269 g/mol. The van der Waals surface area contributed by atoms with Crippen molar-refractivity contribution >= 4 is 17.4 Å². The second-order valence-electron chi connectivity index (χ2n) is 4.20. The van der Waals surface area contributed by atoms with Crippen molar-refractivity contribution in [3.05, 3.63) is 70.7 Å². The van der Waals surface area contributed by atoms with Crippen LogP contribution in [0.3, 0.4) is 0 Å². The summed E-state index contributed by atoms with van der Waals surface area (Å²) >= 11 is 6.06. The maximum absolute atomic E-state index is 12.1. The molecule has 0 spiro atoms. The van der Waals surface area contributed by atoms with Gasteiger partial charge < -0.3 is 0 Å². The van der Waals surface area contributed by atoms with E-state index in [9.17, 15) is 10.1 Å². The van der Waals surface area contributed by atoms with Crippen LogP contribution in [0.2, 0.25) is 5.02 Å². The molecule has 94 valence electrons. The van der Waals surface area contributed by atoms with E-state index in [1.165, 1.54) is 0 Å². The first kappa shape index (κ1) is 13.3. The molecule has 0 unspecified atom stereocenters. The number of benzene rings is 2. The fourth-order valence-corrected chi connectivity index (χ4v) is 2.18. The van der Waals surface area contributed by atoms with Crippen LogP contribution >= 0.6 is 11.6 Å². The molecule has 0 saturated heterocycles. The van der Waals surface area contributed by atoms with Gasteiger partial charge in [0.05, 0.1) is 12.0 Å². The van der Waals surface area contributed by atoms with Crippen molar-refractivity contribution in [1.82, 2.24) is 0 Å². The Hall–Kier alpha value is -2.11. The van der Waals surface area contributed by atoms with E-state index in [2.05, 4.69) is 6.07 Å². The molecule has 0 aliphatic carbocycles. The number of rotatable bonds is 4. The first-order valence-corrected chi connectivity index (χ1v) is 6.32. The Bertz CT molecular complexity index is 616. The molecule has 0 heterocycles. The molecule has 2 nitrogen and oxygen atoms in total. The van der Waals surface area contributed by atoms with Crippen molar-refractivity contribution in [2.24, 2.45) is 0 Å². The summed E-state index contributed by atoms with van der Waals surface area (Å²) in [5.74, 6) is -0.562. The number of Topliss-reactive ketones (excluding diaryl/α,β-unsaturated/α-hetero) is 1. The Labute approximate surface area is 117 Å². The van der Waals surface area contributed by atoms with E-state index in [1.54, 1.807) is 30.3 Å². The zero-order valence-electron chi connectivity index (χ0n) is 10.2. The first-order chi connectivity index (χ1) is 9.22. The van der Waals surface area contributed by atoms with Crippen LogP contribution in [0.1, 0.15) is 28.3 Å². The highest BCUT2D eigenvalue weighted by atomic mass is 35.5. The van der Waals surface area contributed by atoms with Crippen LogP contribution in [0.15, 0.2) is 54.6 Å². The van der Waals surface area contributed by atoms with Crippen LogP contribution in [0.5, 0.6) is 0 Å². The highest BCUT2D eigenvalue weighted by Crippen LogP contribution is 2.27. The normalized spacial score (nSPS) is 11.6. The second kappa shape index (κ2) is 6.17. The van der Waals surface area contributed by atoms with Crippen LogP contribution < -0.4 is 0 Å². The summed E-state index contributed by atoms with van der Waals surface area (Å²) < 4.78 is 0. The van der Waals surface area contributed by atoms with Gasteiger partial charge in [0.2, 0.25) is 0 Å². The van der Waals surface area contributed by atoms with E-state index in [0.29, 0.717) is 16.1 Å². The van der Waals surface area contributed by atoms with Crippen molar-refractivity contribution in [3.63, 3.8) is 0 Å². The molecular weight excluding hydrogens is 258 g/mol. The maximum Gasteiger partial charge on any atom is 0.164 e. The fourth-order valence-electron chi connectivity index (χ4n) is 1.91. The third-order valence-electron chi connectivity index (χ3n) is 2.92. The summed E-state index contributed by atoms with van der Waals surface area (Å²) in [5.41, 5.74) is 1.32. The van der Waals surface area contributed by atoms with Gasteiger partial charge in [-0.05, 0) is 11.6 Å². The number of hydrogen-bond donors (Lipinski definition) is 0. The summed E-state index contributed by atoms with van der Waals surface area (Å²) in [6, 6.07) is 18.3. The number of hydrogen-bond acceptors (Lipinski definition) is 2. The van der Waals surface area contributed by atoms with Gasteiger partial charge in [-0.15, -0.1) is 0 Å². The molecule has 0 radical (unpaired) electrons. The molecule has 0 fully saturated rings. The van der Waals surface area contributed by atoms with Crippen LogP contribution in [0.4, 0.5) is 0 Å². The first-order valence-electron chi connectivity index (χ1n) is 5.94. The van der Waals surface area contributed by atoms with Gasteiger partial charge in [-0.3, -0.25) is 4.79 Å². The molecule has 0 saturated carbocycles. The van der Waals surface area contributed by atoms with E-state index < -0.39 is 5.92 Å². The van der Waals surface area contributed by atoms with Crippen LogP contribution in [0.25, 0.3) is 0 Å². The van der Waals surface area contributed by atoms with Gasteiger partial charge in [0, 0.05) is 17.0 Å². The second-order valence-corrected chi connectivity index (χ2v) is 4.60. The number of nitrogens with zero attached hydrogens (tertiary/aromatic N) is 1. The van der Waals surface area contributed by atoms with Gasteiger partial charge in [-0.2, -0.15) is 5.26 Å². The van der Waals surface area contributed by atoms with E-state index in [1.807, 2.05) is 24.3 Å². The van der Waals surface area contributed by atoms with Crippen molar-refractivity contribution in [3.8, 4) is 6.07 Å². The average Bonchev–Trinajstić information content (AvgIpc) is 2.46. The molecular formula is C16H12ClNO. The van der Waals surface area contributed by atoms with Crippen LogP contribution in [0, 0.1) is 11.3 Å². The molecule has 1 atom stereocenters. The highest BCUT2D eigenvalue weighted by molar-refractivity contribution is 6.31. The Morgan fingerprint density at radius 3 is 2.37 bits per heavy atom. The Morgan fingerprint density at radius 2 is 1.74 bits per heavy atom. The quantitative estimate of drug-likeness (QED) is 0.780. The predicted octanol–water partition coefficient (Wildman–Crippen LogP) is 4.22. The van der Waals surface area contributed by atoms with Gasteiger partial charge >= 0.3 is 0 Å². The molecule has 3 heteroatoms. The third kappa shape index (κ3) is 3.21. The maximum atomic E-state index is 12.1. The molecule has 0 amide bonds. The van der Waals surface area contributed by atoms with Crippen molar-refractivity contribution in [2.75, 3.05) is 0 Å². The summed E-state index contributed by atoms with van der Waals surface area (Å²) in [6.45, 7) is 0. The molecule has 0 N–H and O–H groups in total. The molecule has 0 aliphatic rings. The molecule has 19 heavy (non-hydrogen) atoms. The lowest BCUT2D eigenvalue weighted by atomic mass is 9.93. The van der Waals surface area contributed by atoms with E-state index >= 15 is 0 Å². The SMILES string of the molecule is N#C[C@H](CC(=O)c1ccccc1)c1ccccc1Cl. The number of ketones is 1. The molecule has 2 aromatic rings. The minimum absolute atomic E-state index is 0.0490. The minimum Gasteiger partial charge on any atom is -0.294 e. The van der Waals surface area contributed by atoms with Gasteiger partial charge in [-0.25, -0.2) is 0 Å². The van der Waals surface area contributed by atoms with Crippen molar-refractivity contribution in [1.29, 1.82) is 5.26 Å².